The molecule has 5 rings (SSSR count). The van der Waals surface area contributed by atoms with Gasteiger partial charge in [-0.2, -0.15) is 0 Å². The number of hydrogen-bond donors (Lipinski definition) is 2. The molecule has 27 heavy (non-hydrogen) atoms. The Balaban J connectivity index is 1.28. The van der Waals surface area contributed by atoms with Gasteiger partial charge in [0.05, 0.1) is 25.1 Å². The van der Waals surface area contributed by atoms with Crippen molar-refractivity contribution in [1.29, 1.82) is 0 Å². The number of fused-ring (bicyclic) bond motifs is 5. The topological polar surface area (TPSA) is 85.8 Å². The highest BCUT2D eigenvalue weighted by Gasteiger charge is 2.23. The SMILES string of the molecule is O=C(NCCC[NH+]1CCOCC1)c1nc2c3c4c(sc3ncn2n1)CCC4. The molecule has 8 nitrogen and oxygen atoms in total. The number of nitrogens with one attached hydrogen (secondary N) is 2. The van der Waals surface area contributed by atoms with E-state index >= 15 is 0 Å². The Kier molecular flexibility index (Phi) is 4.50. The van der Waals surface area contributed by atoms with E-state index in [1.54, 1.807) is 27.1 Å². The van der Waals surface area contributed by atoms with E-state index in [1.807, 2.05) is 0 Å². The number of morpholine rings is 1. The molecule has 2 aliphatic rings. The van der Waals surface area contributed by atoms with Crippen molar-refractivity contribution in [2.24, 2.45) is 0 Å². The van der Waals surface area contributed by atoms with Gasteiger partial charge in [0.2, 0.25) is 5.82 Å². The van der Waals surface area contributed by atoms with Crippen LogP contribution >= 0.6 is 11.3 Å². The normalized spacial score (nSPS) is 17.6. The Morgan fingerprint density at radius 2 is 2.22 bits per heavy atom. The average Bonchev–Trinajstić information content (AvgIpc) is 3.38. The van der Waals surface area contributed by atoms with Gasteiger partial charge in [0, 0.05) is 17.8 Å². The van der Waals surface area contributed by atoms with Crippen LogP contribution in [0.25, 0.3) is 15.9 Å². The molecule has 0 spiro atoms. The van der Waals surface area contributed by atoms with Gasteiger partial charge in [-0.25, -0.2) is 14.5 Å². The number of nitrogens with zero attached hydrogens (tertiary/aromatic N) is 4. The number of thiophene rings is 1. The average molecular weight is 387 g/mol. The monoisotopic (exact) mass is 387 g/mol. The van der Waals surface area contributed by atoms with Crippen LogP contribution in [0.2, 0.25) is 0 Å². The zero-order valence-electron chi connectivity index (χ0n) is 15.2. The summed E-state index contributed by atoms with van der Waals surface area (Å²) in [7, 11) is 0. The maximum absolute atomic E-state index is 12.5. The lowest BCUT2D eigenvalue weighted by molar-refractivity contribution is -0.908. The smallest absolute Gasteiger partial charge is 0.290 e. The molecule has 0 radical (unpaired) electrons. The third-order valence-electron chi connectivity index (χ3n) is 5.44. The summed E-state index contributed by atoms with van der Waals surface area (Å²) in [6.45, 7) is 5.46. The Morgan fingerprint density at radius 1 is 1.33 bits per heavy atom. The van der Waals surface area contributed by atoms with Crippen LogP contribution in [0.4, 0.5) is 0 Å². The van der Waals surface area contributed by atoms with Gasteiger partial charge < -0.3 is 15.0 Å². The van der Waals surface area contributed by atoms with E-state index in [1.165, 1.54) is 16.9 Å². The molecule has 3 aromatic heterocycles. The van der Waals surface area contributed by atoms with Crippen LogP contribution in [-0.2, 0) is 17.6 Å². The van der Waals surface area contributed by atoms with Gasteiger partial charge in [-0.05, 0) is 24.8 Å². The minimum Gasteiger partial charge on any atom is -0.370 e. The number of amides is 1. The summed E-state index contributed by atoms with van der Waals surface area (Å²) in [5.41, 5.74) is 2.10. The van der Waals surface area contributed by atoms with Gasteiger partial charge in [0.25, 0.3) is 5.91 Å². The molecular formula is C18H23N6O2S+. The van der Waals surface area contributed by atoms with Crippen molar-refractivity contribution in [2.75, 3.05) is 39.4 Å². The Hall–Kier alpha value is -2.10. The van der Waals surface area contributed by atoms with E-state index < -0.39 is 0 Å². The molecule has 2 N–H and O–H groups in total. The summed E-state index contributed by atoms with van der Waals surface area (Å²) in [5.74, 6) is 0.0108. The minimum atomic E-state index is -0.212. The van der Waals surface area contributed by atoms with Crippen molar-refractivity contribution >= 4 is 33.1 Å². The number of aryl methyl sites for hydroxylation is 2. The summed E-state index contributed by atoms with van der Waals surface area (Å²) in [5, 5.41) is 8.39. The lowest BCUT2D eigenvalue weighted by atomic mass is 10.2. The van der Waals surface area contributed by atoms with Crippen molar-refractivity contribution in [3.05, 3.63) is 22.6 Å². The zero-order chi connectivity index (χ0) is 18.2. The van der Waals surface area contributed by atoms with Gasteiger partial charge in [0.1, 0.15) is 24.2 Å². The second-order valence-electron chi connectivity index (χ2n) is 7.21. The Labute approximate surface area is 160 Å². The number of carbonyl (C=O) groups is 1. The first kappa shape index (κ1) is 17.0. The van der Waals surface area contributed by atoms with Crippen molar-refractivity contribution < 1.29 is 14.4 Å². The predicted octanol–water partition coefficient (Wildman–Crippen LogP) is -0.137. The largest absolute Gasteiger partial charge is 0.370 e. The Morgan fingerprint density at radius 3 is 3.11 bits per heavy atom. The molecule has 0 atom stereocenters. The number of hydrogen-bond acceptors (Lipinski definition) is 6. The molecule has 0 saturated carbocycles. The Bertz CT molecular complexity index is 991. The van der Waals surface area contributed by atoms with E-state index in [0.717, 1.165) is 68.0 Å². The second kappa shape index (κ2) is 7.14. The lowest BCUT2D eigenvalue weighted by Crippen LogP contribution is -3.14. The van der Waals surface area contributed by atoms with E-state index in [4.69, 9.17) is 4.74 Å². The summed E-state index contributed by atoms with van der Waals surface area (Å²) in [6, 6.07) is 0. The first-order valence-corrected chi connectivity index (χ1v) is 10.5. The first-order chi connectivity index (χ1) is 13.3. The van der Waals surface area contributed by atoms with E-state index in [9.17, 15) is 4.79 Å². The number of quaternary nitrogens is 1. The molecule has 4 heterocycles. The maximum Gasteiger partial charge on any atom is 0.290 e. The molecule has 0 unspecified atom stereocenters. The number of ether oxygens (including phenoxy) is 1. The number of aromatic nitrogens is 4. The van der Waals surface area contributed by atoms with Gasteiger partial charge in [-0.3, -0.25) is 4.79 Å². The molecule has 142 valence electrons. The third kappa shape index (κ3) is 3.19. The van der Waals surface area contributed by atoms with Crippen molar-refractivity contribution in [3.8, 4) is 0 Å². The van der Waals surface area contributed by atoms with Gasteiger partial charge in [0.15, 0.2) is 5.65 Å². The van der Waals surface area contributed by atoms with Gasteiger partial charge in [-0.1, -0.05) is 0 Å². The third-order valence-corrected chi connectivity index (χ3v) is 6.64. The molecule has 1 saturated heterocycles. The number of carbonyl (C=O) groups excluding carboxylic acids is 1. The molecule has 3 aromatic rings. The zero-order valence-corrected chi connectivity index (χ0v) is 16.0. The van der Waals surface area contributed by atoms with Crippen LogP contribution in [0.1, 0.15) is 33.9 Å². The van der Waals surface area contributed by atoms with Crippen LogP contribution in [-0.4, -0.2) is 64.9 Å². The summed E-state index contributed by atoms with van der Waals surface area (Å²) in [4.78, 5) is 25.5. The first-order valence-electron chi connectivity index (χ1n) is 9.65. The lowest BCUT2D eigenvalue weighted by Gasteiger charge is -2.23. The molecule has 0 aromatic carbocycles. The summed E-state index contributed by atoms with van der Waals surface area (Å²) in [6.07, 6.45) is 5.97. The van der Waals surface area contributed by atoms with Crippen LogP contribution in [0.3, 0.4) is 0 Å². The van der Waals surface area contributed by atoms with Crippen LogP contribution in [0.15, 0.2) is 6.33 Å². The van der Waals surface area contributed by atoms with E-state index in [-0.39, 0.29) is 11.7 Å². The van der Waals surface area contributed by atoms with Gasteiger partial charge >= 0.3 is 0 Å². The van der Waals surface area contributed by atoms with Crippen molar-refractivity contribution in [1.82, 2.24) is 24.9 Å². The van der Waals surface area contributed by atoms with Crippen molar-refractivity contribution in [2.45, 2.75) is 25.7 Å². The fourth-order valence-corrected chi connectivity index (χ4v) is 5.24. The van der Waals surface area contributed by atoms with Crippen LogP contribution in [0, 0.1) is 0 Å². The number of rotatable bonds is 5. The highest BCUT2D eigenvalue weighted by molar-refractivity contribution is 7.19. The summed E-state index contributed by atoms with van der Waals surface area (Å²) < 4.78 is 7.01. The molecule has 1 aliphatic heterocycles. The molecule has 0 bridgehead atoms. The maximum atomic E-state index is 12.5. The highest BCUT2D eigenvalue weighted by atomic mass is 32.1. The fourth-order valence-electron chi connectivity index (χ4n) is 4.02. The highest BCUT2D eigenvalue weighted by Crippen LogP contribution is 2.37. The van der Waals surface area contributed by atoms with E-state index in [0.29, 0.717) is 6.54 Å². The quantitative estimate of drug-likeness (QED) is 0.596. The van der Waals surface area contributed by atoms with Gasteiger partial charge in [-0.15, -0.1) is 16.4 Å². The molecule has 1 aliphatic carbocycles. The second-order valence-corrected chi connectivity index (χ2v) is 8.29. The van der Waals surface area contributed by atoms with Crippen LogP contribution in [0.5, 0.6) is 0 Å². The molecule has 1 fully saturated rings. The molecular weight excluding hydrogens is 364 g/mol. The standard InChI is InChI=1S/C18H22N6O2S/c25-17(19-5-2-6-23-7-9-26-10-8-23)15-21-16-14-12-3-1-4-13(12)27-18(14)20-11-24(16)22-15/h11H,1-10H2,(H,19,25)/p+1. The molecule has 9 heteroatoms. The fraction of sp³-hybridized carbons (Fsp3) is 0.556. The van der Waals surface area contributed by atoms with Crippen LogP contribution < -0.4 is 10.2 Å². The summed E-state index contributed by atoms with van der Waals surface area (Å²) >= 11 is 1.75. The molecule has 1 amide bonds. The van der Waals surface area contributed by atoms with Crippen molar-refractivity contribution in [3.63, 3.8) is 0 Å². The predicted molar refractivity (Wildman–Crippen MR) is 102 cm³/mol. The minimum absolute atomic E-state index is 0.212. The van der Waals surface area contributed by atoms with E-state index in [2.05, 4.69) is 20.4 Å².